The molecule has 0 radical (unpaired) electrons. The van der Waals surface area contributed by atoms with Gasteiger partial charge >= 0.3 is 0 Å². The third-order valence-corrected chi connectivity index (χ3v) is 7.17. The van der Waals surface area contributed by atoms with Crippen molar-refractivity contribution in [2.24, 2.45) is 11.3 Å². The highest BCUT2D eigenvalue weighted by Gasteiger charge is 2.41. The maximum atomic E-state index is 13.4. The van der Waals surface area contributed by atoms with E-state index in [-0.39, 0.29) is 23.6 Å². The molecule has 1 saturated heterocycles. The van der Waals surface area contributed by atoms with E-state index in [9.17, 15) is 14.4 Å². The predicted molar refractivity (Wildman–Crippen MR) is 135 cm³/mol. The number of carbonyl (C=O) groups excluding carboxylic acids is 3. The Balaban J connectivity index is 1.64. The molecule has 3 amide bonds. The molecule has 1 aliphatic rings. The Morgan fingerprint density at radius 2 is 1.85 bits per heavy atom. The van der Waals surface area contributed by atoms with Gasteiger partial charge in [0, 0.05) is 19.0 Å². The minimum Gasteiger partial charge on any atom is -0.350 e. The zero-order valence-corrected chi connectivity index (χ0v) is 21.8. The standard InChI is InChI=1S/C26H36N4O3S/c1-16(2)23(31)29-22(26(4,5)6)25(33)30-13-7-8-20(30)24(32)27-14-18-9-11-19(12-10-18)21-17(3)28-15-34-21/h9-12,15-16,20,22H,7-8,13-14H2,1-6H3,(H,27,32)(H,29,31). The second-order valence-electron chi connectivity index (χ2n) is 10.3. The lowest BCUT2D eigenvalue weighted by Gasteiger charge is -2.35. The number of nitrogens with zero attached hydrogens (tertiary/aromatic N) is 2. The van der Waals surface area contributed by atoms with E-state index in [0.717, 1.165) is 28.1 Å². The number of likely N-dealkylation sites (tertiary alicyclic amines) is 1. The highest BCUT2D eigenvalue weighted by atomic mass is 32.1. The molecular formula is C26H36N4O3S. The van der Waals surface area contributed by atoms with Gasteiger partial charge in [0.1, 0.15) is 12.1 Å². The first kappa shape index (κ1) is 25.9. The lowest BCUT2D eigenvalue weighted by Crippen LogP contribution is -2.58. The Kier molecular flexibility index (Phi) is 8.13. The van der Waals surface area contributed by atoms with E-state index >= 15 is 0 Å². The van der Waals surface area contributed by atoms with Crippen molar-refractivity contribution in [2.75, 3.05) is 6.54 Å². The highest BCUT2D eigenvalue weighted by Crippen LogP contribution is 2.28. The fourth-order valence-corrected chi connectivity index (χ4v) is 4.90. The van der Waals surface area contributed by atoms with E-state index < -0.39 is 17.5 Å². The summed E-state index contributed by atoms with van der Waals surface area (Å²) in [6.45, 7) is 12.3. The Hall–Kier alpha value is -2.74. The largest absolute Gasteiger partial charge is 0.350 e. The molecular weight excluding hydrogens is 448 g/mol. The molecule has 2 aromatic rings. The van der Waals surface area contributed by atoms with Gasteiger partial charge in [-0.15, -0.1) is 11.3 Å². The number of carbonyl (C=O) groups is 3. The number of hydrogen-bond donors (Lipinski definition) is 2. The van der Waals surface area contributed by atoms with Crippen LogP contribution in [0.5, 0.6) is 0 Å². The van der Waals surface area contributed by atoms with Crippen LogP contribution in [0, 0.1) is 18.3 Å². The minimum atomic E-state index is -0.682. The Morgan fingerprint density at radius 1 is 1.18 bits per heavy atom. The zero-order valence-electron chi connectivity index (χ0n) is 21.0. The maximum absolute atomic E-state index is 13.4. The first-order chi connectivity index (χ1) is 16.0. The number of benzene rings is 1. The van der Waals surface area contributed by atoms with Crippen molar-refractivity contribution in [3.8, 4) is 10.4 Å². The Bertz CT molecular complexity index is 1020. The van der Waals surface area contributed by atoms with Gasteiger partial charge < -0.3 is 15.5 Å². The summed E-state index contributed by atoms with van der Waals surface area (Å²) in [6, 6.07) is 6.88. The molecule has 7 nitrogen and oxygen atoms in total. The second-order valence-corrected chi connectivity index (χ2v) is 11.2. The van der Waals surface area contributed by atoms with Crippen LogP contribution in [0.4, 0.5) is 0 Å². The first-order valence-electron chi connectivity index (χ1n) is 11.9. The molecule has 0 bridgehead atoms. The summed E-state index contributed by atoms with van der Waals surface area (Å²) in [6.07, 6.45) is 1.39. The number of nitrogens with one attached hydrogen (secondary N) is 2. The van der Waals surface area contributed by atoms with Gasteiger partial charge in [-0.3, -0.25) is 14.4 Å². The minimum absolute atomic E-state index is 0.156. The molecule has 0 aliphatic carbocycles. The summed E-state index contributed by atoms with van der Waals surface area (Å²) in [7, 11) is 0. The molecule has 0 spiro atoms. The monoisotopic (exact) mass is 484 g/mol. The molecule has 1 aromatic heterocycles. The number of aryl methyl sites for hydroxylation is 1. The second kappa shape index (κ2) is 10.7. The van der Waals surface area contributed by atoms with Crippen LogP contribution in [-0.4, -0.2) is 46.2 Å². The van der Waals surface area contributed by atoms with Gasteiger partial charge in [0.15, 0.2) is 0 Å². The topological polar surface area (TPSA) is 91.4 Å². The van der Waals surface area contributed by atoms with Gasteiger partial charge in [0.25, 0.3) is 0 Å². The third-order valence-electron chi connectivity index (χ3n) is 6.19. The number of hydrogen-bond acceptors (Lipinski definition) is 5. The van der Waals surface area contributed by atoms with Gasteiger partial charge in [-0.25, -0.2) is 4.98 Å². The molecule has 2 atom stereocenters. The normalized spacial score (nSPS) is 17.0. The number of aromatic nitrogens is 1. The van der Waals surface area contributed by atoms with Crippen LogP contribution in [0.25, 0.3) is 10.4 Å². The SMILES string of the molecule is Cc1ncsc1-c1ccc(CNC(=O)C2CCCN2C(=O)C(NC(=O)C(C)C)C(C)(C)C)cc1. The van der Waals surface area contributed by atoms with Crippen molar-refractivity contribution >= 4 is 29.1 Å². The number of thiazole rings is 1. The molecule has 34 heavy (non-hydrogen) atoms. The van der Waals surface area contributed by atoms with Crippen LogP contribution >= 0.6 is 11.3 Å². The highest BCUT2D eigenvalue weighted by molar-refractivity contribution is 7.13. The average molecular weight is 485 g/mol. The van der Waals surface area contributed by atoms with Crippen molar-refractivity contribution in [3.63, 3.8) is 0 Å². The molecule has 8 heteroatoms. The van der Waals surface area contributed by atoms with E-state index in [1.807, 2.05) is 57.5 Å². The fraction of sp³-hybridized carbons (Fsp3) is 0.538. The van der Waals surface area contributed by atoms with Crippen molar-refractivity contribution in [1.82, 2.24) is 20.5 Å². The van der Waals surface area contributed by atoms with E-state index in [0.29, 0.717) is 19.5 Å². The van der Waals surface area contributed by atoms with E-state index in [1.165, 1.54) is 0 Å². The van der Waals surface area contributed by atoms with Crippen LogP contribution in [0.2, 0.25) is 0 Å². The predicted octanol–water partition coefficient (Wildman–Crippen LogP) is 3.91. The summed E-state index contributed by atoms with van der Waals surface area (Å²) < 4.78 is 0. The van der Waals surface area contributed by atoms with Gasteiger partial charge in [-0.05, 0) is 36.3 Å². The Morgan fingerprint density at radius 3 is 2.41 bits per heavy atom. The summed E-state index contributed by atoms with van der Waals surface area (Å²) in [5, 5.41) is 5.90. The number of rotatable bonds is 7. The van der Waals surface area contributed by atoms with Crippen molar-refractivity contribution in [1.29, 1.82) is 0 Å². The van der Waals surface area contributed by atoms with Crippen molar-refractivity contribution < 1.29 is 14.4 Å². The van der Waals surface area contributed by atoms with Crippen LogP contribution < -0.4 is 10.6 Å². The van der Waals surface area contributed by atoms with Gasteiger partial charge in [0.2, 0.25) is 17.7 Å². The van der Waals surface area contributed by atoms with Crippen molar-refractivity contribution in [3.05, 3.63) is 41.0 Å². The molecule has 1 fully saturated rings. The first-order valence-corrected chi connectivity index (χ1v) is 12.7. The quantitative estimate of drug-likeness (QED) is 0.623. The zero-order chi connectivity index (χ0) is 25.0. The van der Waals surface area contributed by atoms with Gasteiger partial charge in [-0.1, -0.05) is 58.9 Å². The molecule has 184 valence electrons. The maximum Gasteiger partial charge on any atom is 0.246 e. The summed E-state index contributed by atoms with van der Waals surface area (Å²) >= 11 is 1.61. The van der Waals surface area contributed by atoms with Crippen LogP contribution in [0.15, 0.2) is 29.8 Å². The van der Waals surface area contributed by atoms with E-state index in [4.69, 9.17) is 0 Å². The summed E-state index contributed by atoms with van der Waals surface area (Å²) in [4.78, 5) is 45.9. The molecule has 0 saturated carbocycles. The molecule has 2 heterocycles. The molecule has 1 aliphatic heterocycles. The van der Waals surface area contributed by atoms with Crippen LogP contribution in [0.1, 0.15) is 58.7 Å². The molecule has 2 N–H and O–H groups in total. The fourth-order valence-electron chi connectivity index (χ4n) is 4.09. The molecule has 3 rings (SSSR count). The third kappa shape index (κ3) is 6.03. The molecule has 1 aromatic carbocycles. The average Bonchev–Trinajstić information content (AvgIpc) is 3.44. The van der Waals surface area contributed by atoms with E-state index in [2.05, 4.69) is 15.6 Å². The van der Waals surface area contributed by atoms with Crippen LogP contribution in [0.3, 0.4) is 0 Å². The summed E-state index contributed by atoms with van der Waals surface area (Å²) in [5.74, 6) is -0.730. The van der Waals surface area contributed by atoms with Crippen LogP contribution in [-0.2, 0) is 20.9 Å². The lowest BCUT2D eigenvalue weighted by atomic mass is 9.85. The lowest BCUT2D eigenvalue weighted by molar-refractivity contribution is -0.144. The Labute approximate surface area is 206 Å². The number of amides is 3. The van der Waals surface area contributed by atoms with E-state index in [1.54, 1.807) is 30.1 Å². The van der Waals surface area contributed by atoms with Gasteiger partial charge in [-0.2, -0.15) is 0 Å². The van der Waals surface area contributed by atoms with Crippen molar-refractivity contribution in [2.45, 2.75) is 73.0 Å². The smallest absolute Gasteiger partial charge is 0.246 e. The van der Waals surface area contributed by atoms with Gasteiger partial charge in [0.05, 0.1) is 16.1 Å². The molecule has 2 unspecified atom stereocenters. The summed E-state index contributed by atoms with van der Waals surface area (Å²) in [5.41, 5.74) is 4.48.